The average Bonchev–Trinajstić information content (AvgIpc) is 2.42. The van der Waals surface area contributed by atoms with Gasteiger partial charge in [-0.2, -0.15) is 0 Å². The number of ether oxygens (including phenoxy) is 1. The van der Waals surface area contributed by atoms with Crippen molar-refractivity contribution in [3.05, 3.63) is 0 Å². The summed E-state index contributed by atoms with van der Waals surface area (Å²) in [5, 5.41) is 9.96. The Bertz CT molecular complexity index is 243. The lowest BCUT2D eigenvalue weighted by Crippen LogP contribution is -2.48. The molecule has 0 bridgehead atoms. The number of carbonyl (C=O) groups is 1. The van der Waals surface area contributed by atoms with Crippen LogP contribution in [0.3, 0.4) is 0 Å². The molecule has 0 saturated carbocycles. The third-order valence-corrected chi connectivity index (χ3v) is 2.97. The van der Waals surface area contributed by atoms with Gasteiger partial charge in [0.05, 0.1) is 7.11 Å². The number of methoxy groups -OCH3 is 1. The quantitative estimate of drug-likeness (QED) is 0.665. The first-order valence-corrected chi connectivity index (χ1v) is 5.67. The van der Waals surface area contributed by atoms with Crippen molar-refractivity contribution < 1.29 is 14.6 Å². The van der Waals surface area contributed by atoms with Crippen molar-refractivity contribution in [2.75, 3.05) is 46.9 Å². The molecule has 1 atom stereocenters. The summed E-state index contributed by atoms with van der Waals surface area (Å²) in [5.41, 5.74) is -1.41. The minimum absolute atomic E-state index is 0.341. The largest absolute Gasteiger partial charge is 0.467 e. The summed E-state index contributed by atoms with van der Waals surface area (Å²) in [6, 6.07) is 0. The molecule has 0 aromatic carbocycles. The summed E-state index contributed by atoms with van der Waals surface area (Å²) in [6.45, 7) is 5.68. The van der Waals surface area contributed by atoms with Gasteiger partial charge >= 0.3 is 5.97 Å². The van der Waals surface area contributed by atoms with Crippen LogP contribution < -0.4 is 0 Å². The first-order valence-electron chi connectivity index (χ1n) is 5.67. The highest BCUT2D eigenvalue weighted by Crippen LogP contribution is 2.11. The van der Waals surface area contributed by atoms with Crippen molar-refractivity contribution in [2.24, 2.45) is 0 Å². The smallest absolute Gasteiger partial charge is 0.338 e. The number of rotatable bonds is 3. The number of likely N-dealkylation sites (N-methyl/N-ethyl adjacent to an activating group) is 1. The van der Waals surface area contributed by atoms with Crippen molar-refractivity contribution in [3.63, 3.8) is 0 Å². The molecule has 16 heavy (non-hydrogen) atoms. The van der Waals surface area contributed by atoms with Crippen LogP contribution in [0.5, 0.6) is 0 Å². The molecular formula is C11H22N2O3. The normalized spacial score (nSPS) is 23.5. The molecule has 1 aliphatic rings. The number of nitrogens with zero attached hydrogens (tertiary/aromatic N) is 2. The molecule has 0 spiro atoms. The van der Waals surface area contributed by atoms with Crippen molar-refractivity contribution in [2.45, 2.75) is 18.9 Å². The maximum atomic E-state index is 11.3. The summed E-state index contributed by atoms with van der Waals surface area (Å²) >= 11 is 0. The predicted octanol–water partition coefficient (Wildman–Crippen LogP) is -0.452. The van der Waals surface area contributed by atoms with E-state index in [9.17, 15) is 9.90 Å². The van der Waals surface area contributed by atoms with Gasteiger partial charge in [-0.25, -0.2) is 4.79 Å². The zero-order chi connectivity index (χ0) is 12.2. The van der Waals surface area contributed by atoms with E-state index in [4.69, 9.17) is 0 Å². The van der Waals surface area contributed by atoms with Crippen molar-refractivity contribution in [3.8, 4) is 0 Å². The molecule has 1 fully saturated rings. The molecule has 0 amide bonds. The van der Waals surface area contributed by atoms with Crippen molar-refractivity contribution in [1.29, 1.82) is 0 Å². The van der Waals surface area contributed by atoms with E-state index in [1.165, 1.54) is 14.0 Å². The first-order chi connectivity index (χ1) is 7.45. The molecule has 5 heteroatoms. The molecule has 1 rings (SSSR count). The highest BCUT2D eigenvalue weighted by atomic mass is 16.5. The van der Waals surface area contributed by atoms with E-state index in [1.54, 1.807) is 0 Å². The van der Waals surface area contributed by atoms with Gasteiger partial charge in [-0.3, -0.25) is 4.90 Å². The Morgan fingerprint density at radius 2 is 2.06 bits per heavy atom. The lowest BCUT2D eigenvalue weighted by atomic mass is 10.1. The highest BCUT2D eigenvalue weighted by Gasteiger charge is 2.33. The summed E-state index contributed by atoms with van der Waals surface area (Å²) in [7, 11) is 3.38. The molecular weight excluding hydrogens is 208 g/mol. The maximum Gasteiger partial charge on any atom is 0.338 e. The van der Waals surface area contributed by atoms with Crippen LogP contribution in [0, 0.1) is 0 Å². The molecule has 0 radical (unpaired) electrons. The lowest BCUT2D eigenvalue weighted by molar-refractivity contribution is -0.162. The number of hydrogen-bond acceptors (Lipinski definition) is 5. The molecule has 1 aliphatic heterocycles. The van der Waals surface area contributed by atoms with Crippen molar-refractivity contribution in [1.82, 2.24) is 9.80 Å². The van der Waals surface area contributed by atoms with Gasteiger partial charge in [0.15, 0.2) is 5.60 Å². The van der Waals surface area contributed by atoms with Gasteiger partial charge in [0.1, 0.15) is 0 Å². The summed E-state index contributed by atoms with van der Waals surface area (Å²) < 4.78 is 4.58. The van der Waals surface area contributed by atoms with Crippen molar-refractivity contribution >= 4 is 5.97 Å². The van der Waals surface area contributed by atoms with Crippen LogP contribution >= 0.6 is 0 Å². The third kappa shape index (κ3) is 3.73. The molecule has 1 N–H and O–H groups in total. The number of esters is 1. The Morgan fingerprint density at radius 3 is 2.69 bits per heavy atom. The molecule has 0 aliphatic carbocycles. The fraction of sp³-hybridized carbons (Fsp3) is 0.909. The van der Waals surface area contributed by atoms with Gasteiger partial charge in [-0.05, 0) is 33.5 Å². The summed E-state index contributed by atoms with van der Waals surface area (Å²) in [6.07, 6.45) is 1.06. The topological polar surface area (TPSA) is 53.0 Å². The Morgan fingerprint density at radius 1 is 1.38 bits per heavy atom. The number of carbonyl (C=O) groups excluding carboxylic acids is 1. The second-order valence-corrected chi connectivity index (χ2v) is 4.70. The van der Waals surface area contributed by atoms with Crippen LogP contribution in [0.1, 0.15) is 13.3 Å². The van der Waals surface area contributed by atoms with E-state index in [0.717, 1.165) is 32.6 Å². The van der Waals surface area contributed by atoms with Gasteiger partial charge in [-0.1, -0.05) is 0 Å². The fourth-order valence-electron chi connectivity index (χ4n) is 1.98. The third-order valence-electron chi connectivity index (χ3n) is 2.97. The monoisotopic (exact) mass is 230 g/mol. The fourth-order valence-corrected chi connectivity index (χ4v) is 1.98. The van der Waals surface area contributed by atoms with E-state index in [-0.39, 0.29) is 0 Å². The van der Waals surface area contributed by atoms with Crippen LogP contribution in [0.4, 0.5) is 0 Å². The van der Waals surface area contributed by atoms with E-state index >= 15 is 0 Å². The zero-order valence-electron chi connectivity index (χ0n) is 10.4. The van der Waals surface area contributed by atoms with Crippen LogP contribution in [0.15, 0.2) is 0 Å². The average molecular weight is 230 g/mol. The zero-order valence-corrected chi connectivity index (χ0v) is 10.4. The Kier molecular flexibility index (Phi) is 4.70. The van der Waals surface area contributed by atoms with Gasteiger partial charge in [0.2, 0.25) is 0 Å². The standard InChI is InChI=1S/C11H22N2O3/c1-11(15,10(14)16-3)9-13-6-4-5-12(2)7-8-13/h15H,4-9H2,1-3H3. The van der Waals surface area contributed by atoms with Gasteiger partial charge < -0.3 is 14.7 Å². The highest BCUT2D eigenvalue weighted by molar-refractivity contribution is 5.78. The Balaban J connectivity index is 2.49. The Hall–Kier alpha value is -0.650. The van der Waals surface area contributed by atoms with Gasteiger partial charge in [-0.15, -0.1) is 0 Å². The number of β-amino-alcohol motifs (C(OH)–C–C–N with tert-alkyl or cyclic N) is 1. The molecule has 1 heterocycles. The second kappa shape index (κ2) is 5.61. The van der Waals surface area contributed by atoms with Crippen LogP contribution in [-0.4, -0.2) is 73.4 Å². The lowest BCUT2D eigenvalue weighted by Gasteiger charge is -2.28. The minimum Gasteiger partial charge on any atom is -0.467 e. The number of hydrogen-bond donors (Lipinski definition) is 1. The maximum absolute atomic E-state index is 11.3. The van der Waals surface area contributed by atoms with E-state index in [0.29, 0.717) is 6.54 Å². The molecule has 0 aromatic heterocycles. The van der Waals surface area contributed by atoms with Crippen LogP contribution in [-0.2, 0) is 9.53 Å². The van der Waals surface area contributed by atoms with Crippen LogP contribution in [0.2, 0.25) is 0 Å². The minimum atomic E-state index is -1.41. The predicted molar refractivity (Wildman–Crippen MR) is 61.2 cm³/mol. The second-order valence-electron chi connectivity index (χ2n) is 4.70. The molecule has 1 saturated heterocycles. The van der Waals surface area contributed by atoms with E-state index < -0.39 is 11.6 Å². The molecule has 94 valence electrons. The van der Waals surface area contributed by atoms with Gasteiger partial charge in [0, 0.05) is 19.6 Å². The summed E-state index contributed by atoms with van der Waals surface area (Å²) in [5.74, 6) is -0.565. The van der Waals surface area contributed by atoms with Crippen LogP contribution in [0.25, 0.3) is 0 Å². The first kappa shape index (κ1) is 13.4. The molecule has 1 unspecified atom stereocenters. The molecule has 0 aromatic rings. The van der Waals surface area contributed by atoms with Gasteiger partial charge in [0.25, 0.3) is 0 Å². The number of aliphatic hydroxyl groups is 1. The van der Waals surface area contributed by atoms with E-state index in [1.807, 2.05) is 0 Å². The van der Waals surface area contributed by atoms with E-state index in [2.05, 4.69) is 21.6 Å². The SMILES string of the molecule is COC(=O)C(C)(O)CN1CCCN(C)CC1. The molecule has 5 nitrogen and oxygen atoms in total. The summed E-state index contributed by atoms with van der Waals surface area (Å²) in [4.78, 5) is 15.7. The Labute approximate surface area is 97.0 Å².